The molecule has 1 heterocycles. The Morgan fingerprint density at radius 2 is 2.24 bits per heavy atom. The number of rotatable bonds is 5. The van der Waals surface area contributed by atoms with Crippen LogP contribution in [0.4, 0.5) is 4.39 Å². The van der Waals surface area contributed by atoms with Gasteiger partial charge in [-0.05, 0) is 46.1 Å². The van der Waals surface area contributed by atoms with E-state index in [1.165, 1.54) is 19.2 Å². The van der Waals surface area contributed by atoms with Crippen molar-refractivity contribution < 1.29 is 13.9 Å². The third-order valence-corrected chi connectivity index (χ3v) is 3.68. The smallest absolute Gasteiger partial charge is 0.254 e. The highest BCUT2D eigenvalue weighted by Gasteiger charge is 2.15. The maximum atomic E-state index is 13.9. The molecule has 1 aromatic carbocycles. The SMILES string of the molecule is COc1cccc(C(=O)NCCc2ccncc2Br)c1F. The molecule has 0 saturated carbocycles. The van der Waals surface area contributed by atoms with Crippen molar-refractivity contribution in [2.45, 2.75) is 6.42 Å². The van der Waals surface area contributed by atoms with Crippen LogP contribution in [-0.4, -0.2) is 24.5 Å². The summed E-state index contributed by atoms with van der Waals surface area (Å²) in [5.74, 6) is -1.06. The number of amides is 1. The molecule has 0 unspecified atom stereocenters. The van der Waals surface area contributed by atoms with Crippen molar-refractivity contribution in [3.05, 3.63) is 58.1 Å². The fourth-order valence-electron chi connectivity index (χ4n) is 1.86. The molecule has 4 nitrogen and oxygen atoms in total. The summed E-state index contributed by atoms with van der Waals surface area (Å²) in [4.78, 5) is 15.9. The Kier molecular flexibility index (Phi) is 5.27. The summed E-state index contributed by atoms with van der Waals surface area (Å²) in [5.41, 5.74) is 1.000. The second-order valence-corrected chi connectivity index (χ2v) is 5.15. The van der Waals surface area contributed by atoms with E-state index in [1.54, 1.807) is 18.5 Å². The molecular formula is C15H14BrFN2O2. The predicted octanol–water partition coefficient (Wildman–Crippen LogP) is 2.96. The van der Waals surface area contributed by atoms with E-state index in [0.29, 0.717) is 13.0 Å². The highest BCUT2D eigenvalue weighted by molar-refractivity contribution is 9.10. The second-order valence-electron chi connectivity index (χ2n) is 4.29. The summed E-state index contributed by atoms with van der Waals surface area (Å²) in [5, 5.41) is 2.69. The quantitative estimate of drug-likeness (QED) is 0.899. The first kappa shape index (κ1) is 15.4. The number of methoxy groups -OCH3 is 1. The highest BCUT2D eigenvalue weighted by atomic mass is 79.9. The number of benzene rings is 1. The van der Waals surface area contributed by atoms with Gasteiger partial charge in [-0.15, -0.1) is 0 Å². The third kappa shape index (κ3) is 3.78. The van der Waals surface area contributed by atoms with Gasteiger partial charge in [0.2, 0.25) is 0 Å². The van der Waals surface area contributed by atoms with E-state index >= 15 is 0 Å². The predicted molar refractivity (Wildman–Crippen MR) is 80.9 cm³/mol. The van der Waals surface area contributed by atoms with Gasteiger partial charge in [0.05, 0.1) is 12.7 Å². The van der Waals surface area contributed by atoms with E-state index in [2.05, 4.69) is 26.2 Å². The van der Waals surface area contributed by atoms with E-state index in [4.69, 9.17) is 4.74 Å². The Morgan fingerprint density at radius 1 is 1.43 bits per heavy atom. The normalized spacial score (nSPS) is 10.2. The molecule has 0 fully saturated rings. The van der Waals surface area contributed by atoms with Crippen LogP contribution in [0.15, 0.2) is 41.1 Å². The molecule has 1 aromatic heterocycles. The summed E-state index contributed by atoms with van der Waals surface area (Å²) in [7, 11) is 1.36. The van der Waals surface area contributed by atoms with Crippen LogP contribution in [0, 0.1) is 5.82 Å². The molecule has 0 saturated heterocycles. The minimum Gasteiger partial charge on any atom is -0.494 e. The van der Waals surface area contributed by atoms with Gasteiger partial charge in [0, 0.05) is 23.4 Å². The average molecular weight is 353 g/mol. The second kappa shape index (κ2) is 7.17. The van der Waals surface area contributed by atoms with Crippen LogP contribution in [0.3, 0.4) is 0 Å². The summed E-state index contributed by atoms with van der Waals surface area (Å²) in [6.07, 6.45) is 4.00. The standard InChI is InChI=1S/C15H14BrFN2O2/c1-21-13-4-2-3-11(14(13)17)15(20)19-8-6-10-5-7-18-9-12(10)16/h2-5,7,9H,6,8H2,1H3,(H,19,20). The van der Waals surface area contributed by atoms with E-state index < -0.39 is 11.7 Å². The van der Waals surface area contributed by atoms with Crippen LogP contribution in [0.2, 0.25) is 0 Å². The summed E-state index contributed by atoms with van der Waals surface area (Å²) in [6.45, 7) is 0.401. The molecule has 110 valence electrons. The van der Waals surface area contributed by atoms with Crippen molar-refractivity contribution in [2.75, 3.05) is 13.7 Å². The summed E-state index contributed by atoms with van der Waals surface area (Å²) >= 11 is 3.39. The van der Waals surface area contributed by atoms with Crippen molar-refractivity contribution >= 4 is 21.8 Å². The average Bonchev–Trinajstić information content (AvgIpc) is 2.49. The number of nitrogens with zero attached hydrogens (tertiary/aromatic N) is 1. The van der Waals surface area contributed by atoms with E-state index in [9.17, 15) is 9.18 Å². The van der Waals surface area contributed by atoms with Gasteiger partial charge >= 0.3 is 0 Å². The van der Waals surface area contributed by atoms with Crippen molar-refractivity contribution in [1.82, 2.24) is 10.3 Å². The monoisotopic (exact) mass is 352 g/mol. The third-order valence-electron chi connectivity index (χ3n) is 2.96. The summed E-state index contributed by atoms with van der Waals surface area (Å²) in [6, 6.07) is 6.34. The van der Waals surface area contributed by atoms with Gasteiger partial charge in [0.15, 0.2) is 11.6 Å². The fourth-order valence-corrected chi connectivity index (χ4v) is 2.31. The number of aromatic nitrogens is 1. The van der Waals surface area contributed by atoms with Crippen molar-refractivity contribution in [3.8, 4) is 5.75 Å². The molecular weight excluding hydrogens is 339 g/mol. The van der Waals surface area contributed by atoms with Crippen LogP contribution in [0.1, 0.15) is 15.9 Å². The van der Waals surface area contributed by atoms with Crippen LogP contribution >= 0.6 is 15.9 Å². The first-order valence-corrected chi connectivity index (χ1v) is 7.12. The Bertz CT molecular complexity index is 649. The summed E-state index contributed by atoms with van der Waals surface area (Å²) < 4.78 is 19.7. The zero-order valence-corrected chi connectivity index (χ0v) is 13.0. The van der Waals surface area contributed by atoms with Gasteiger partial charge in [-0.25, -0.2) is 4.39 Å². The maximum absolute atomic E-state index is 13.9. The number of ether oxygens (including phenoxy) is 1. The Hall–Kier alpha value is -1.95. The molecule has 0 aliphatic carbocycles. The molecule has 1 amide bonds. The number of pyridine rings is 1. The van der Waals surface area contributed by atoms with Gasteiger partial charge < -0.3 is 10.1 Å². The van der Waals surface area contributed by atoms with Crippen LogP contribution < -0.4 is 10.1 Å². The zero-order chi connectivity index (χ0) is 15.2. The van der Waals surface area contributed by atoms with Gasteiger partial charge in [-0.1, -0.05) is 6.07 Å². The van der Waals surface area contributed by atoms with Crippen molar-refractivity contribution in [2.24, 2.45) is 0 Å². The first-order valence-electron chi connectivity index (χ1n) is 6.32. The lowest BCUT2D eigenvalue weighted by molar-refractivity contribution is 0.0949. The minimum absolute atomic E-state index is 0.0249. The molecule has 0 atom stereocenters. The first-order chi connectivity index (χ1) is 10.1. The Morgan fingerprint density at radius 3 is 2.95 bits per heavy atom. The molecule has 0 bridgehead atoms. The van der Waals surface area contributed by atoms with E-state index in [1.807, 2.05) is 6.07 Å². The molecule has 0 aliphatic heterocycles. The lowest BCUT2D eigenvalue weighted by Crippen LogP contribution is -2.26. The molecule has 0 aliphatic rings. The molecule has 0 radical (unpaired) electrons. The molecule has 2 rings (SSSR count). The molecule has 1 N–H and O–H groups in total. The van der Waals surface area contributed by atoms with Crippen LogP contribution in [0.5, 0.6) is 5.75 Å². The molecule has 2 aromatic rings. The van der Waals surface area contributed by atoms with Crippen molar-refractivity contribution in [3.63, 3.8) is 0 Å². The molecule has 0 spiro atoms. The topological polar surface area (TPSA) is 51.2 Å². The Labute approximate surface area is 130 Å². The van der Waals surface area contributed by atoms with Gasteiger partial charge in [0.25, 0.3) is 5.91 Å². The zero-order valence-electron chi connectivity index (χ0n) is 11.4. The molecule has 21 heavy (non-hydrogen) atoms. The largest absolute Gasteiger partial charge is 0.494 e. The molecule has 6 heteroatoms. The number of carbonyl (C=O) groups excluding carboxylic acids is 1. The number of hydrogen-bond acceptors (Lipinski definition) is 3. The number of carbonyl (C=O) groups is 1. The van der Waals surface area contributed by atoms with Crippen LogP contribution in [-0.2, 0) is 6.42 Å². The van der Waals surface area contributed by atoms with Crippen LogP contribution in [0.25, 0.3) is 0 Å². The Balaban J connectivity index is 1.98. The van der Waals surface area contributed by atoms with E-state index in [-0.39, 0.29) is 11.3 Å². The van der Waals surface area contributed by atoms with Gasteiger partial charge in [-0.3, -0.25) is 9.78 Å². The number of halogens is 2. The highest BCUT2D eigenvalue weighted by Crippen LogP contribution is 2.20. The van der Waals surface area contributed by atoms with E-state index in [0.717, 1.165) is 10.0 Å². The van der Waals surface area contributed by atoms with Crippen molar-refractivity contribution in [1.29, 1.82) is 0 Å². The number of nitrogens with one attached hydrogen (secondary N) is 1. The lowest BCUT2D eigenvalue weighted by atomic mass is 10.1. The van der Waals surface area contributed by atoms with Gasteiger partial charge in [-0.2, -0.15) is 0 Å². The minimum atomic E-state index is -0.650. The maximum Gasteiger partial charge on any atom is 0.254 e. The van der Waals surface area contributed by atoms with Gasteiger partial charge in [0.1, 0.15) is 0 Å². The lowest BCUT2D eigenvalue weighted by Gasteiger charge is -2.09. The fraction of sp³-hybridized carbons (Fsp3) is 0.200. The number of hydrogen-bond donors (Lipinski definition) is 1.